The number of anilines is 1. The zero-order valence-electron chi connectivity index (χ0n) is 15.3. The molecule has 0 bridgehead atoms. The Morgan fingerprint density at radius 3 is 2.52 bits per heavy atom. The number of rotatable bonds is 7. The number of hydrogen-bond acceptors (Lipinski definition) is 4. The molecule has 0 saturated carbocycles. The Bertz CT molecular complexity index is 682. The smallest absolute Gasteiger partial charge is 0.232 e. The molecule has 0 spiro atoms. The van der Waals surface area contributed by atoms with Gasteiger partial charge in [-0.1, -0.05) is 19.1 Å². The van der Waals surface area contributed by atoms with Gasteiger partial charge in [0.15, 0.2) is 0 Å². The summed E-state index contributed by atoms with van der Waals surface area (Å²) in [6.45, 7) is 4.08. The highest BCUT2D eigenvalue weighted by molar-refractivity contribution is 7.92. The number of likely N-dealkylation sites (tertiary alicyclic amines) is 1. The fraction of sp³-hybridized carbons (Fsp3) is 0.611. The zero-order valence-corrected chi connectivity index (χ0v) is 16.1. The Morgan fingerprint density at radius 2 is 1.92 bits per heavy atom. The summed E-state index contributed by atoms with van der Waals surface area (Å²) in [6.07, 6.45) is 4.10. The van der Waals surface area contributed by atoms with Crippen LogP contribution in [-0.2, 0) is 14.8 Å². The number of piperidine rings is 1. The molecule has 1 saturated heterocycles. The van der Waals surface area contributed by atoms with Crippen LogP contribution in [0.25, 0.3) is 0 Å². The van der Waals surface area contributed by atoms with Crippen LogP contribution in [0.5, 0.6) is 5.75 Å². The fourth-order valence-electron chi connectivity index (χ4n) is 3.09. The third-order valence-corrected chi connectivity index (χ3v) is 5.82. The second-order valence-electron chi connectivity index (χ2n) is 6.67. The average Bonchev–Trinajstić information content (AvgIpc) is 2.58. The molecule has 7 heteroatoms. The quantitative estimate of drug-likeness (QED) is 0.742. The van der Waals surface area contributed by atoms with E-state index in [0.717, 1.165) is 25.9 Å². The van der Waals surface area contributed by atoms with Crippen LogP contribution >= 0.6 is 0 Å². The number of benzene rings is 1. The molecule has 1 aliphatic heterocycles. The van der Waals surface area contributed by atoms with Gasteiger partial charge in [-0.2, -0.15) is 0 Å². The minimum absolute atomic E-state index is 0.111. The molecular weight excluding hydrogens is 340 g/mol. The predicted molar refractivity (Wildman–Crippen MR) is 99.4 cm³/mol. The van der Waals surface area contributed by atoms with Crippen LogP contribution in [0.1, 0.15) is 32.6 Å². The third-order valence-electron chi connectivity index (χ3n) is 4.64. The number of carbonyl (C=O) groups excluding carboxylic acids is 1. The number of ether oxygens (including phenoxy) is 1. The van der Waals surface area contributed by atoms with Crippen LogP contribution in [0, 0.1) is 5.92 Å². The van der Waals surface area contributed by atoms with E-state index in [1.165, 1.54) is 17.7 Å². The Balaban J connectivity index is 1.98. The summed E-state index contributed by atoms with van der Waals surface area (Å²) < 4.78 is 31.0. The SMILES string of the molecule is COc1ccccc1N(CCCC(=O)N1CCC(C)CC1)S(C)(=O)=O. The van der Waals surface area contributed by atoms with Crippen molar-refractivity contribution in [1.82, 2.24) is 4.90 Å². The van der Waals surface area contributed by atoms with Crippen molar-refractivity contribution >= 4 is 21.6 Å². The number of hydrogen-bond donors (Lipinski definition) is 0. The second kappa shape index (κ2) is 8.56. The van der Waals surface area contributed by atoms with Crippen molar-refractivity contribution in [3.63, 3.8) is 0 Å². The highest BCUT2D eigenvalue weighted by Gasteiger charge is 2.23. The number of sulfonamides is 1. The van der Waals surface area contributed by atoms with Gasteiger partial charge in [0.25, 0.3) is 0 Å². The lowest BCUT2D eigenvalue weighted by Crippen LogP contribution is -2.38. The number of carbonyl (C=O) groups is 1. The lowest BCUT2D eigenvalue weighted by Gasteiger charge is -2.30. The Hall–Kier alpha value is -1.76. The van der Waals surface area contributed by atoms with Crippen LogP contribution in [0.15, 0.2) is 24.3 Å². The van der Waals surface area contributed by atoms with Gasteiger partial charge in [-0.05, 0) is 37.3 Å². The van der Waals surface area contributed by atoms with Crippen molar-refractivity contribution in [2.75, 3.05) is 37.3 Å². The van der Waals surface area contributed by atoms with Gasteiger partial charge in [-0.25, -0.2) is 8.42 Å². The maximum atomic E-state index is 12.3. The van der Waals surface area contributed by atoms with Gasteiger partial charge in [-0.3, -0.25) is 9.10 Å². The standard InChI is InChI=1S/C18H28N2O4S/c1-15-10-13-19(14-11-15)18(21)9-6-12-20(25(3,22)23)16-7-4-5-8-17(16)24-2/h4-5,7-8,15H,6,9-14H2,1-3H3. The van der Waals surface area contributed by atoms with Crippen LogP contribution in [-0.4, -0.2) is 52.2 Å². The Morgan fingerprint density at radius 1 is 1.28 bits per heavy atom. The van der Waals surface area contributed by atoms with Gasteiger partial charge in [0.1, 0.15) is 5.75 Å². The molecule has 0 aromatic heterocycles. The lowest BCUT2D eigenvalue weighted by atomic mass is 9.99. The minimum atomic E-state index is -3.45. The van der Waals surface area contributed by atoms with Crippen molar-refractivity contribution in [1.29, 1.82) is 0 Å². The number of nitrogens with zero attached hydrogens (tertiary/aromatic N) is 2. The molecule has 0 aliphatic carbocycles. The maximum absolute atomic E-state index is 12.3. The first-order valence-corrected chi connectivity index (χ1v) is 10.6. The topological polar surface area (TPSA) is 66.9 Å². The van der Waals surface area contributed by atoms with E-state index in [4.69, 9.17) is 4.74 Å². The van der Waals surface area contributed by atoms with Crippen LogP contribution in [0.2, 0.25) is 0 Å². The first-order chi connectivity index (χ1) is 11.8. The zero-order chi connectivity index (χ0) is 18.4. The summed E-state index contributed by atoms with van der Waals surface area (Å²) in [5, 5.41) is 0. The molecule has 0 N–H and O–H groups in total. The summed E-state index contributed by atoms with van der Waals surface area (Å²) in [6, 6.07) is 7.01. The van der Waals surface area contributed by atoms with Gasteiger partial charge in [-0.15, -0.1) is 0 Å². The van der Waals surface area contributed by atoms with Crippen molar-refractivity contribution in [2.45, 2.75) is 32.6 Å². The summed E-state index contributed by atoms with van der Waals surface area (Å²) >= 11 is 0. The molecule has 1 fully saturated rings. The molecule has 0 radical (unpaired) electrons. The van der Waals surface area contributed by atoms with E-state index >= 15 is 0 Å². The van der Waals surface area contributed by atoms with Gasteiger partial charge in [0.2, 0.25) is 15.9 Å². The fourth-order valence-corrected chi connectivity index (χ4v) is 4.06. The van der Waals surface area contributed by atoms with Gasteiger partial charge >= 0.3 is 0 Å². The average molecular weight is 368 g/mol. The first-order valence-electron chi connectivity index (χ1n) is 8.71. The van der Waals surface area contributed by atoms with E-state index in [-0.39, 0.29) is 12.5 Å². The highest BCUT2D eigenvalue weighted by atomic mass is 32.2. The van der Waals surface area contributed by atoms with Crippen molar-refractivity contribution in [3.8, 4) is 5.75 Å². The molecule has 0 atom stereocenters. The molecule has 2 rings (SSSR count). The highest BCUT2D eigenvalue weighted by Crippen LogP contribution is 2.29. The maximum Gasteiger partial charge on any atom is 0.232 e. The Labute approximate surface area is 150 Å². The van der Waals surface area contributed by atoms with Crippen LogP contribution in [0.3, 0.4) is 0 Å². The largest absolute Gasteiger partial charge is 0.495 e. The molecule has 140 valence electrons. The van der Waals surface area contributed by atoms with Crippen molar-refractivity contribution in [3.05, 3.63) is 24.3 Å². The molecule has 1 amide bonds. The summed E-state index contributed by atoms with van der Waals surface area (Å²) in [5.41, 5.74) is 0.506. The monoisotopic (exact) mass is 368 g/mol. The van der Waals surface area contributed by atoms with E-state index in [1.807, 2.05) is 4.90 Å². The van der Waals surface area contributed by atoms with E-state index in [9.17, 15) is 13.2 Å². The minimum Gasteiger partial charge on any atom is -0.495 e. The molecule has 1 aromatic carbocycles. The number of amides is 1. The summed E-state index contributed by atoms with van der Waals surface area (Å²) in [4.78, 5) is 14.2. The summed E-state index contributed by atoms with van der Waals surface area (Å²) in [7, 11) is -1.94. The molecule has 0 unspecified atom stereocenters. The van der Waals surface area contributed by atoms with Gasteiger partial charge < -0.3 is 9.64 Å². The van der Waals surface area contributed by atoms with Crippen LogP contribution < -0.4 is 9.04 Å². The molecule has 6 nitrogen and oxygen atoms in total. The second-order valence-corrected chi connectivity index (χ2v) is 8.58. The van der Waals surface area contributed by atoms with Gasteiger partial charge in [0.05, 0.1) is 19.1 Å². The van der Waals surface area contributed by atoms with Crippen molar-refractivity contribution in [2.24, 2.45) is 5.92 Å². The Kier molecular flexibility index (Phi) is 6.70. The third kappa shape index (κ3) is 5.36. The number of para-hydroxylation sites is 2. The van der Waals surface area contributed by atoms with E-state index in [0.29, 0.717) is 30.2 Å². The summed E-state index contributed by atoms with van der Waals surface area (Å²) in [5.74, 6) is 1.29. The van der Waals surface area contributed by atoms with E-state index in [1.54, 1.807) is 24.3 Å². The van der Waals surface area contributed by atoms with Crippen molar-refractivity contribution < 1.29 is 17.9 Å². The number of methoxy groups -OCH3 is 1. The van der Waals surface area contributed by atoms with Crippen LogP contribution in [0.4, 0.5) is 5.69 Å². The predicted octanol–water partition coefficient (Wildman–Crippen LogP) is 2.50. The normalized spacial score (nSPS) is 15.9. The molecule has 25 heavy (non-hydrogen) atoms. The van der Waals surface area contributed by atoms with Gasteiger partial charge in [0, 0.05) is 26.1 Å². The van der Waals surface area contributed by atoms with E-state index < -0.39 is 10.0 Å². The molecule has 1 heterocycles. The molecular formula is C18H28N2O4S. The lowest BCUT2D eigenvalue weighted by molar-refractivity contribution is -0.132. The van der Waals surface area contributed by atoms with E-state index in [2.05, 4.69) is 6.92 Å². The molecule has 1 aliphatic rings. The molecule has 1 aromatic rings. The first kappa shape index (κ1) is 19.6.